The molecule has 0 aromatic heterocycles. The second-order valence-electron chi connectivity index (χ2n) is 6.49. The highest BCUT2D eigenvalue weighted by molar-refractivity contribution is 7.80. The molecule has 2 aromatic carbocycles. The lowest BCUT2D eigenvalue weighted by Gasteiger charge is -2.30. The molecule has 1 aliphatic heterocycles. The third kappa shape index (κ3) is 3.83. The largest absolute Gasteiger partial charge is 0.478 e. The predicted molar refractivity (Wildman–Crippen MR) is 105 cm³/mol. The number of fused-ring (bicyclic) bond motifs is 1. The fourth-order valence-electron chi connectivity index (χ4n) is 3.46. The van der Waals surface area contributed by atoms with E-state index in [1.165, 1.54) is 19.3 Å². The maximum Gasteiger partial charge on any atom is 0.335 e. The maximum absolute atomic E-state index is 12.3. The van der Waals surface area contributed by atoms with Crippen LogP contribution in [0.1, 0.15) is 58.4 Å². The summed E-state index contributed by atoms with van der Waals surface area (Å²) in [5.74, 6) is -0.770. The first-order valence-electron chi connectivity index (χ1n) is 8.85. The predicted octanol–water partition coefficient (Wildman–Crippen LogP) is 4.54. The van der Waals surface area contributed by atoms with Gasteiger partial charge in [-0.05, 0) is 31.0 Å². The average molecular weight is 367 g/mol. The topological polar surface area (TPSA) is 57.6 Å². The lowest BCUT2D eigenvalue weighted by atomic mass is 9.94. The number of benzene rings is 2. The van der Waals surface area contributed by atoms with Crippen LogP contribution >= 0.6 is 12.2 Å². The lowest BCUT2D eigenvalue weighted by Crippen LogP contribution is -2.40. The number of carbonyl (C=O) groups excluding carboxylic acids is 1. The minimum absolute atomic E-state index is 0.109. The van der Waals surface area contributed by atoms with E-state index in [1.54, 1.807) is 30.3 Å². The summed E-state index contributed by atoms with van der Waals surface area (Å²) in [6, 6.07) is 16.3. The number of amides is 1. The van der Waals surface area contributed by atoms with Crippen molar-refractivity contribution in [2.75, 3.05) is 0 Å². The molecule has 0 bridgehead atoms. The summed E-state index contributed by atoms with van der Waals surface area (Å²) in [5.41, 5.74) is 2.05. The minimum Gasteiger partial charge on any atom is -0.478 e. The molecule has 134 valence electrons. The van der Waals surface area contributed by atoms with Crippen molar-refractivity contribution < 1.29 is 14.7 Å². The first-order chi connectivity index (χ1) is 12.6. The zero-order valence-corrected chi connectivity index (χ0v) is 15.2. The van der Waals surface area contributed by atoms with Crippen molar-refractivity contribution in [1.29, 1.82) is 0 Å². The second kappa shape index (κ2) is 8.23. The number of thiocarbonyl (C=S) groups is 1. The van der Waals surface area contributed by atoms with Crippen LogP contribution in [0.4, 0.5) is 0 Å². The van der Waals surface area contributed by atoms with Crippen molar-refractivity contribution in [2.45, 2.75) is 38.1 Å². The van der Waals surface area contributed by atoms with E-state index in [0.717, 1.165) is 29.0 Å². The molecule has 2 aliphatic rings. The number of rotatable bonds is 2. The van der Waals surface area contributed by atoms with Crippen LogP contribution < -0.4 is 0 Å². The van der Waals surface area contributed by atoms with Crippen molar-refractivity contribution >= 4 is 29.1 Å². The van der Waals surface area contributed by atoms with Gasteiger partial charge in [0.05, 0.1) is 11.1 Å². The van der Waals surface area contributed by atoms with E-state index in [9.17, 15) is 9.59 Å². The van der Waals surface area contributed by atoms with Gasteiger partial charge in [0.1, 0.15) is 4.99 Å². The van der Waals surface area contributed by atoms with Crippen molar-refractivity contribution in [1.82, 2.24) is 4.90 Å². The van der Waals surface area contributed by atoms with Crippen LogP contribution in [0.3, 0.4) is 0 Å². The zero-order chi connectivity index (χ0) is 18.5. The minimum atomic E-state index is -0.879. The molecule has 0 spiro atoms. The molecular formula is C21H21NO3S. The van der Waals surface area contributed by atoms with Crippen LogP contribution in [0.15, 0.2) is 54.6 Å². The average Bonchev–Trinajstić information content (AvgIpc) is 2.95. The molecule has 1 heterocycles. The van der Waals surface area contributed by atoms with E-state index in [2.05, 4.69) is 0 Å². The Morgan fingerprint density at radius 3 is 2.04 bits per heavy atom. The molecule has 1 N–H and O–H groups in total. The lowest BCUT2D eigenvalue weighted by molar-refractivity contribution is 0.0696. The standard InChI is InChI=1S/C14H15NOS.C7H6O2/c16-13-11-8-4-5-9-12(11)14(17)15(13)10-6-2-1-3-7-10;8-7(9)6-4-2-1-3-5-6/h4-5,8-10H,1-3,6-7H2;1-5H,(H,8,9). The van der Waals surface area contributed by atoms with Crippen molar-refractivity contribution in [2.24, 2.45) is 0 Å². The molecule has 2 aromatic rings. The normalized spacial score (nSPS) is 16.7. The Hall–Kier alpha value is -2.53. The Bertz CT molecular complexity index is 778. The van der Waals surface area contributed by atoms with Gasteiger partial charge >= 0.3 is 5.97 Å². The van der Waals surface area contributed by atoms with Crippen LogP contribution in [0.5, 0.6) is 0 Å². The van der Waals surface area contributed by atoms with Crippen LogP contribution in [-0.4, -0.2) is 32.9 Å². The number of carboxylic acid groups (broad SMARTS) is 1. The van der Waals surface area contributed by atoms with Crippen LogP contribution in [0.2, 0.25) is 0 Å². The number of hydrogen-bond donors (Lipinski definition) is 1. The molecule has 0 unspecified atom stereocenters. The molecule has 0 saturated heterocycles. The van der Waals surface area contributed by atoms with Gasteiger partial charge in [0, 0.05) is 11.6 Å². The van der Waals surface area contributed by atoms with Gasteiger partial charge in [-0.3, -0.25) is 9.69 Å². The van der Waals surface area contributed by atoms with Crippen molar-refractivity contribution in [3.8, 4) is 0 Å². The molecule has 4 nitrogen and oxygen atoms in total. The highest BCUT2D eigenvalue weighted by atomic mass is 32.1. The number of carbonyl (C=O) groups is 2. The fourth-order valence-corrected chi connectivity index (χ4v) is 3.87. The number of aromatic carboxylic acids is 1. The van der Waals surface area contributed by atoms with Gasteiger partial charge in [0.2, 0.25) is 0 Å². The van der Waals surface area contributed by atoms with Crippen LogP contribution in [0, 0.1) is 0 Å². The zero-order valence-electron chi connectivity index (χ0n) is 14.4. The molecule has 1 aliphatic carbocycles. The Balaban J connectivity index is 0.000000185. The van der Waals surface area contributed by atoms with E-state index >= 15 is 0 Å². The summed E-state index contributed by atoms with van der Waals surface area (Å²) < 4.78 is 0. The molecule has 4 rings (SSSR count). The number of nitrogens with zero attached hydrogens (tertiary/aromatic N) is 1. The molecule has 5 heteroatoms. The summed E-state index contributed by atoms with van der Waals surface area (Å²) in [4.78, 5) is 25.1. The van der Waals surface area contributed by atoms with Gasteiger partial charge in [-0.25, -0.2) is 4.79 Å². The third-order valence-corrected chi connectivity index (χ3v) is 5.20. The summed E-state index contributed by atoms with van der Waals surface area (Å²) in [5, 5.41) is 8.38. The molecule has 26 heavy (non-hydrogen) atoms. The van der Waals surface area contributed by atoms with Gasteiger partial charge in [0.25, 0.3) is 5.91 Å². The Morgan fingerprint density at radius 2 is 1.50 bits per heavy atom. The van der Waals surface area contributed by atoms with Gasteiger partial charge < -0.3 is 5.11 Å². The second-order valence-corrected chi connectivity index (χ2v) is 6.88. The van der Waals surface area contributed by atoms with Crippen molar-refractivity contribution in [3.63, 3.8) is 0 Å². The van der Waals surface area contributed by atoms with E-state index in [1.807, 2.05) is 29.2 Å². The molecule has 1 fully saturated rings. The monoisotopic (exact) mass is 367 g/mol. The molecule has 0 atom stereocenters. The SMILES string of the molecule is O=C(O)c1ccccc1.O=C1c2ccccc2C(=S)N1C1CCCCC1. The summed E-state index contributed by atoms with van der Waals surface area (Å²) in [7, 11) is 0. The Kier molecular flexibility index (Phi) is 5.78. The van der Waals surface area contributed by atoms with E-state index in [4.69, 9.17) is 17.3 Å². The van der Waals surface area contributed by atoms with Crippen LogP contribution in [0.25, 0.3) is 0 Å². The first kappa shape index (κ1) is 18.3. The molecule has 0 radical (unpaired) electrons. The Labute approximate surface area is 158 Å². The third-order valence-electron chi connectivity index (χ3n) is 4.79. The van der Waals surface area contributed by atoms with Gasteiger partial charge in [0.15, 0.2) is 0 Å². The van der Waals surface area contributed by atoms with Gasteiger partial charge in [-0.1, -0.05) is 67.9 Å². The first-order valence-corrected chi connectivity index (χ1v) is 9.25. The quantitative estimate of drug-likeness (QED) is 0.792. The molecule has 1 saturated carbocycles. The maximum atomic E-state index is 12.3. The summed E-state index contributed by atoms with van der Waals surface area (Å²) >= 11 is 5.46. The number of hydrogen-bond acceptors (Lipinski definition) is 3. The van der Waals surface area contributed by atoms with E-state index in [-0.39, 0.29) is 5.91 Å². The van der Waals surface area contributed by atoms with Gasteiger partial charge in [-0.15, -0.1) is 0 Å². The highest BCUT2D eigenvalue weighted by Crippen LogP contribution is 2.31. The van der Waals surface area contributed by atoms with Crippen molar-refractivity contribution in [3.05, 3.63) is 71.3 Å². The van der Waals surface area contributed by atoms with E-state index < -0.39 is 5.97 Å². The fraction of sp³-hybridized carbons (Fsp3) is 0.286. The highest BCUT2D eigenvalue weighted by Gasteiger charge is 2.37. The Morgan fingerprint density at radius 1 is 0.923 bits per heavy atom. The smallest absolute Gasteiger partial charge is 0.335 e. The summed E-state index contributed by atoms with van der Waals surface area (Å²) in [6.07, 6.45) is 5.92. The number of carboxylic acids is 1. The van der Waals surface area contributed by atoms with Gasteiger partial charge in [-0.2, -0.15) is 0 Å². The molecular weight excluding hydrogens is 346 g/mol. The van der Waals surface area contributed by atoms with Crippen LogP contribution in [-0.2, 0) is 0 Å². The molecule has 1 amide bonds. The summed E-state index contributed by atoms with van der Waals surface area (Å²) in [6.45, 7) is 0. The van der Waals surface area contributed by atoms with E-state index in [0.29, 0.717) is 11.6 Å².